The molecule has 4 aromatic heterocycles. The molecule has 4 amide bonds. The molecule has 376 valence electrons. The summed E-state index contributed by atoms with van der Waals surface area (Å²) in [5, 5.41) is 10.5. The number of urea groups is 2. The van der Waals surface area contributed by atoms with Crippen molar-refractivity contribution in [1.29, 1.82) is 0 Å². The number of fused-ring (bicyclic) bond motifs is 4. The van der Waals surface area contributed by atoms with Crippen molar-refractivity contribution in [3.05, 3.63) is 97.1 Å². The summed E-state index contributed by atoms with van der Waals surface area (Å²) < 4.78 is 82.3. The van der Waals surface area contributed by atoms with E-state index in [2.05, 4.69) is 55.5 Å². The van der Waals surface area contributed by atoms with E-state index in [4.69, 9.17) is 37.5 Å². The van der Waals surface area contributed by atoms with Gasteiger partial charge in [-0.05, 0) is 25.0 Å². The van der Waals surface area contributed by atoms with Gasteiger partial charge in [-0.15, -0.1) is 0 Å². The summed E-state index contributed by atoms with van der Waals surface area (Å²) >= 11 is 0. The van der Waals surface area contributed by atoms with Crippen molar-refractivity contribution < 1.29 is 70.3 Å². The van der Waals surface area contributed by atoms with Crippen molar-refractivity contribution in [2.75, 3.05) is 36.9 Å². The summed E-state index contributed by atoms with van der Waals surface area (Å²) in [5.41, 5.74) is 2.72. The fourth-order valence-corrected chi connectivity index (χ4v) is 10.7. The van der Waals surface area contributed by atoms with Crippen LogP contribution in [0.5, 0.6) is 0 Å². The lowest BCUT2D eigenvalue weighted by atomic mass is 10.1. The molecule has 4 aliphatic rings. The van der Waals surface area contributed by atoms with Gasteiger partial charge in [0.05, 0.1) is 25.9 Å². The van der Waals surface area contributed by atoms with Gasteiger partial charge in [-0.1, -0.05) is 60.7 Å². The normalized spacial score (nSPS) is 27.5. The molecule has 2 aromatic carbocycles. The van der Waals surface area contributed by atoms with Gasteiger partial charge >= 0.3 is 12.1 Å². The van der Waals surface area contributed by atoms with Gasteiger partial charge in [0.25, 0.3) is 15.6 Å². The number of benzene rings is 2. The van der Waals surface area contributed by atoms with Crippen LogP contribution in [0.15, 0.2) is 86.0 Å². The molecule has 29 heteroatoms. The minimum Gasteiger partial charge on any atom is -0.756 e. The molecule has 4 aliphatic heterocycles. The van der Waals surface area contributed by atoms with Gasteiger partial charge in [-0.25, -0.2) is 43.8 Å². The summed E-state index contributed by atoms with van der Waals surface area (Å²) in [6.45, 7) is 2.69. The van der Waals surface area contributed by atoms with Gasteiger partial charge in [0.15, 0.2) is 59.0 Å². The maximum atomic E-state index is 13.3. The lowest BCUT2D eigenvalue weighted by Crippen LogP contribution is -2.33. The SMILES string of the molecule is CCNC(=O)Nc1ncnc2c1ncn2[C@@H]1O[C@H](COP(=O)([O-])OP(=O)([O-])OC[C@H]2O[C@@H](n3cnc4c(NC(=O)NCC)ncnc43)[C@H]3OC(Cc4ccccc4)OC23)C2OC(Cc3ccccc3)OC21. The van der Waals surface area contributed by atoms with Crippen molar-refractivity contribution in [2.24, 2.45) is 0 Å². The summed E-state index contributed by atoms with van der Waals surface area (Å²) in [5.74, 6) is 0.237. The van der Waals surface area contributed by atoms with E-state index in [1.54, 1.807) is 13.8 Å². The molecule has 71 heavy (non-hydrogen) atoms. The first kappa shape index (κ1) is 48.7. The molecule has 4 N–H and O–H groups in total. The molecular weight excluding hydrogens is 974 g/mol. The molecule has 7 unspecified atom stereocenters. The predicted octanol–water partition coefficient (Wildman–Crippen LogP) is 2.44. The fraction of sp³-hybridized carbons (Fsp3) is 0.429. The van der Waals surface area contributed by atoms with E-state index in [0.29, 0.717) is 25.9 Å². The zero-order valence-corrected chi connectivity index (χ0v) is 39.5. The number of rotatable bonds is 18. The Morgan fingerprint density at radius 1 is 0.592 bits per heavy atom. The Kier molecular flexibility index (Phi) is 14.2. The molecule has 12 atom stereocenters. The van der Waals surface area contributed by atoms with Crippen molar-refractivity contribution in [3.63, 3.8) is 0 Å². The number of amides is 4. The van der Waals surface area contributed by atoms with Crippen LogP contribution in [0.4, 0.5) is 21.2 Å². The maximum absolute atomic E-state index is 13.3. The number of phosphoric acid groups is 2. The number of anilines is 2. The first-order chi connectivity index (χ1) is 34.3. The highest BCUT2D eigenvalue weighted by atomic mass is 31.3. The molecule has 8 heterocycles. The van der Waals surface area contributed by atoms with Crippen LogP contribution in [0.3, 0.4) is 0 Å². The largest absolute Gasteiger partial charge is 0.756 e. The Labute approximate surface area is 403 Å². The third-order valence-corrected chi connectivity index (χ3v) is 14.2. The number of nitrogens with zero attached hydrogens (tertiary/aromatic N) is 8. The molecule has 4 fully saturated rings. The molecule has 0 bridgehead atoms. The van der Waals surface area contributed by atoms with Crippen LogP contribution in [-0.2, 0) is 63.8 Å². The van der Waals surface area contributed by atoms with Crippen LogP contribution in [0, 0.1) is 0 Å². The summed E-state index contributed by atoms with van der Waals surface area (Å²) in [6, 6.07) is 17.7. The van der Waals surface area contributed by atoms with E-state index in [1.165, 1.54) is 34.4 Å². The first-order valence-corrected chi connectivity index (χ1v) is 25.3. The Morgan fingerprint density at radius 3 is 1.41 bits per heavy atom. The Morgan fingerprint density at radius 2 is 1.00 bits per heavy atom. The smallest absolute Gasteiger partial charge is 0.320 e. The minimum atomic E-state index is -5.72. The molecule has 4 saturated heterocycles. The Hall–Kier alpha value is -5.90. The number of hydrogen-bond donors (Lipinski definition) is 4. The summed E-state index contributed by atoms with van der Waals surface area (Å²) in [7, 11) is -11.4. The van der Waals surface area contributed by atoms with E-state index in [9.17, 15) is 28.5 Å². The van der Waals surface area contributed by atoms with Crippen LogP contribution in [0.1, 0.15) is 37.4 Å². The van der Waals surface area contributed by atoms with Crippen LogP contribution in [0.25, 0.3) is 22.3 Å². The lowest BCUT2D eigenvalue weighted by molar-refractivity contribution is -0.247. The Balaban J connectivity index is 0.826. The number of carbonyl (C=O) groups excluding carboxylic acids is 2. The number of aromatic nitrogens is 8. The highest BCUT2D eigenvalue weighted by molar-refractivity contribution is 7.59. The number of phosphoric ester groups is 2. The van der Waals surface area contributed by atoms with Crippen LogP contribution in [0.2, 0.25) is 0 Å². The zero-order valence-electron chi connectivity index (χ0n) is 37.7. The molecule has 0 saturated carbocycles. The minimum absolute atomic E-state index is 0.118. The van der Waals surface area contributed by atoms with Crippen LogP contribution in [-0.4, -0.2) is 127 Å². The second-order valence-electron chi connectivity index (χ2n) is 16.4. The third-order valence-electron chi connectivity index (χ3n) is 11.7. The number of imidazole rings is 2. The molecule has 27 nitrogen and oxygen atoms in total. The van der Waals surface area contributed by atoms with Crippen molar-refractivity contribution in [1.82, 2.24) is 49.7 Å². The Bertz CT molecular complexity index is 2760. The number of nitrogens with one attached hydrogen (secondary N) is 4. The lowest BCUT2D eigenvalue weighted by Gasteiger charge is -2.32. The topological polar surface area (TPSA) is 333 Å². The second-order valence-corrected chi connectivity index (χ2v) is 19.4. The number of hydrogen-bond acceptors (Lipinski definition) is 21. The van der Waals surface area contributed by atoms with Gasteiger partial charge in [-0.2, -0.15) is 0 Å². The molecule has 6 aromatic rings. The molecule has 0 spiro atoms. The van der Waals surface area contributed by atoms with Gasteiger partial charge in [0, 0.05) is 25.9 Å². The average Bonchev–Trinajstić information content (AvgIpc) is 4.21. The van der Waals surface area contributed by atoms with E-state index in [0.717, 1.165) is 11.1 Å². The molecular formula is C42H46N12O15P2-2. The van der Waals surface area contributed by atoms with Crippen LogP contribution < -0.4 is 31.1 Å². The zero-order chi connectivity index (χ0) is 49.3. The van der Waals surface area contributed by atoms with Crippen LogP contribution >= 0.6 is 15.6 Å². The van der Waals surface area contributed by atoms with Crippen molar-refractivity contribution >= 4 is 61.7 Å². The molecule has 0 aliphatic carbocycles. The third kappa shape index (κ3) is 10.7. The standard InChI is InChI=1S/C42H48N12O15P2/c1-3-43-41(55)51-35-29-37(47-19-45-35)53(21-49-29)39-33-31(65-27(67-33)15-23-11-7-5-8-12-23)25(63-39)17-61-70(57,58)69-71(59,60)62-18-26-32-34(68-28(66-32)16-24-13-9-6-10-14-24)40(64-26)54-22-50-30-36(46-20-48-38(30)54)52-42(56)44-4-2/h5-14,19-22,25-28,31-34,39-40H,3-4,15-18H2,1-2H3,(H,57,58)(H,59,60)(H2,43,45,47,51,55)(H2,44,46,48,52,56)/p-2/t25-,26-,27?,28?,31?,32?,33+,34?,39-,40-/m1/s1. The monoisotopic (exact) mass is 1020 g/mol. The van der Waals surface area contributed by atoms with E-state index in [1.807, 2.05) is 60.7 Å². The number of ether oxygens (including phenoxy) is 6. The van der Waals surface area contributed by atoms with Crippen molar-refractivity contribution in [2.45, 2.75) is 88.3 Å². The van der Waals surface area contributed by atoms with E-state index < -0.39 is 103 Å². The van der Waals surface area contributed by atoms with E-state index >= 15 is 0 Å². The quantitative estimate of drug-likeness (QED) is 0.0898. The maximum Gasteiger partial charge on any atom is 0.320 e. The molecule has 10 rings (SSSR count). The fourth-order valence-electron chi connectivity index (χ4n) is 8.70. The summed E-state index contributed by atoms with van der Waals surface area (Å²) in [4.78, 5) is 77.1. The van der Waals surface area contributed by atoms with Gasteiger partial charge < -0.3 is 57.9 Å². The van der Waals surface area contributed by atoms with Gasteiger partial charge in [0.2, 0.25) is 0 Å². The number of carbonyl (C=O) groups is 2. The highest BCUT2D eigenvalue weighted by Crippen LogP contribution is 2.57. The second kappa shape index (κ2) is 20.7. The van der Waals surface area contributed by atoms with Gasteiger partial charge in [-0.3, -0.25) is 28.9 Å². The van der Waals surface area contributed by atoms with Gasteiger partial charge in [0.1, 0.15) is 49.3 Å². The molecule has 0 radical (unpaired) electrons. The summed E-state index contributed by atoms with van der Waals surface area (Å²) in [6.07, 6.45) is -3.77. The van der Waals surface area contributed by atoms with Crippen molar-refractivity contribution in [3.8, 4) is 0 Å². The predicted molar refractivity (Wildman–Crippen MR) is 239 cm³/mol. The average molecular weight is 1020 g/mol. The first-order valence-electron chi connectivity index (χ1n) is 22.4. The highest BCUT2D eigenvalue weighted by Gasteiger charge is 2.55. The van der Waals surface area contributed by atoms with E-state index in [-0.39, 0.29) is 34.0 Å².